The highest BCUT2D eigenvalue weighted by Gasteiger charge is 2.49. The Hall–Kier alpha value is -3.39. The molecular formula is C41H60ClN3O5. The van der Waals surface area contributed by atoms with Crippen molar-refractivity contribution >= 4 is 40.9 Å². The van der Waals surface area contributed by atoms with Gasteiger partial charge in [0, 0.05) is 17.0 Å². The topological polar surface area (TPSA) is 96.0 Å². The number of anilines is 1. The van der Waals surface area contributed by atoms with Gasteiger partial charge >= 0.3 is 6.03 Å². The minimum Gasteiger partial charge on any atom is -0.491 e. The molecule has 8 nitrogen and oxygen atoms in total. The summed E-state index contributed by atoms with van der Waals surface area (Å²) in [4.78, 5) is 56.4. The fourth-order valence-corrected chi connectivity index (χ4v) is 6.44. The number of halogens is 1. The quantitative estimate of drug-likeness (QED) is 0.0665. The maximum absolute atomic E-state index is 13.8. The van der Waals surface area contributed by atoms with Gasteiger partial charge in [0.05, 0.1) is 12.3 Å². The van der Waals surface area contributed by atoms with Gasteiger partial charge in [0.2, 0.25) is 0 Å². The molecule has 0 aromatic heterocycles. The van der Waals surface area contributed by atoms with E-state index in [2.05, 4.69) is 12.2 Å². The van der Waals surface area contributed by atoms with Gasteiger partial charge in [0.1, 0.15) is 12.3 Å². The molecule has 0 radical (unpaired) electrons. The Morgan fingerprint density at radius 2 is 1.34 bits per heavy atom. The summed E-state index contributed by atoms with van der Waals surface area (Å²) in [6.07, 6.45) is 20.6. The predicted molar refractivity (Wildman–Crippen MR) is 202 cm³/mol. The Morgan fingerprint density at radius 3 is 1.88 bits per heavy atom. The monoisotopic (exact) mass is 709 g/mol. The largest absolute Gasteiger partial charge is 0.491 e. The summed E-state index contributed by atoms with van der Waals surface area (Å²) in [7, 11) is 0. The van der Waals surface area contributed by atoms with E-state index in [4.69, 9.17) is 16.3 Å². The highest BCUT2D eigenvalue weighted by Crippen LogP contribution is 2.31. The Balaban J connectivity index is 1.47. The van der Waals surface area contributed by atoms with Crippen LogP contribution in [0.4, 0.5) is 10.5 Å². The lowest BCUT2D eigenvalue weighted by Crippen LogP contribution is -2.55. The molecule has 2 aromatic carbocycles. The van der Waals surface area contributed by atoms with Crippen LogP contribution in [-0.4, -0.2) is 52.6 Å². The number of carbonyl (C=O) groups is 4. The lowest BCUT2D eigenvalue weighted by Gasteiger charge is -2.29. The molecule has 1 atom stereocenters. The van der Waals surface area contributed by atoms with Gasteiger partial charge in [-0.05, 0) is 30.2 Å². The third-order valence-electron chi connectivity index (χ3n) is 9.24. The minimum atomic E-state index is -1.65. The third kappa shape index (κ3) is 13.7. The second-order valence-electron chi connectivity index (χ2n) is 14.7. The second-order valence-corrected chi connectivity index (χ2v) is 15.1. The van der Waals surface area contributed by atoms with Crippen molar-refractivity contribution < 1.29 is 23.9 Å². The van der Waals surface area contributed by atoms with Crippen molar-refractivity contribution in [2.45, 2.75) is 143 Å². The summed E-state index contributed by atoms with van der Waals surface area (Å²) in [5.74, 6) is -1.52. The van der Waals surface area contributed by atoms with Crippen molar-refractivity contribution in [1.82, 2.24) is 9.80 Å². The van der Waals surface area contributed by atoms with Crippen LogP contribution < -0.4 is 10.1 Å². The molecule has 0 spiro atoms. The molecular weight excluding hydrogens is 650 g/mol. The second kappa shape index (κ2) is 21.7. The maximum Gasteiger partial charge on any atom is 0.328 e. The first-order valence-corrected chi connectivity index (χ1v) is 19.3. The van der Waals surface area contributed by atoms with E-state index in [-0.39, 0.29) is 18.8 Å². The lowest BCUT2D eigenvalue weighted by molar-refractivity contribution is -0.143. The number of imide groups is 1. The first-order chi connectivity index (χ1) is 24.0. The molecule has 0 aliphatic carbocycles. The highest BCUT2D eigenvalue weighted by atomic mass is 35.5. The molecule has 3 rings (SSSR count). The van der Waals surface area contributed by atoms with E-state index < -0.39 is 35.1 Å². The molecule has 2 aromatic rings. The summed E-state index contributed by atoms with van der Waals surface area (Å²) in [5, 5.41) is 3.13. The number of benzene rings is 2. The van der Waals surface area contributed by atoms with Crippen LogP contribution in [-0.2, 0) is 20.9 Å². The number of hydrogen-bond donors (Lipinski definition) is 1. The number of nitrogens with one attached hydrogen (secondary N) is 1. The van der Waals surface area contributed by atoms with Crippen LogP contribution in [0.2, 0.25) is 5.02 Å². The molecule has 1 aliphatic heterocycles. The first-order valence-electron chi connectivity index (χ1n) is 19.0. The van der Waals surface area contributed by atoms with Crippen molar-refractivity contribution in [3.05, 3.63) is 59.1 Å². The van der Waals surface area contributed by atoms with Gasteiger partial charge < -0.3 is 15.0 Å². The number of carbonyl (C=O) groups excluding carboxylic acids is 4. The van der Waals surface area contributed by atoms with Crippen LogP contribution in [0.15, 0.2) is 48.5 Å². The SMILES string of the molecule is CCCCCCCCCCCCCCCCCCOc1ccc(Cl)cc1NC(=O)C(C(=O)C(C)(C)C)N1C(=O)CN(Cc2ccccc2)C1=O. The molecule has 0 saturated carbocycles. The van der Waals surface area contributed by atoms with Crippen molar-refractivity contribution in [1.29, 1.82) is 0 Å². The number of ketones is 1. The Labute approximate surface area is 305 Å². The Morgan fingerprint density at radius 1 is 0.800 bits per heavy atom. The molecule has 1 fully saturated rings. The van der Waals surface area contributed by atoms with Gasteiger partial charge in [0.25, 0.3) is 11.8 Å². The summed E-state index contributed by atoms with van der Waals surface area (Å²) in [6, 6.07) is 11.8. The maximum atomic E-state index is 13.8. The van der Waals surface area contributed by atoms with Gasteiger partial charge in [-0.3, -0.25) is 14.4 Å². The number of Topliss-reactive ketones (excluding diaryl/α,β-unsaturated/α-hetero) is 1. The molecule has 9 heteroatoms. The van der Waals surface area contributed by atoms with Crippen LogP contribution in [0, 0.1) is 5.41 Å². The number of rotatable bonds is 24. The fourth-order valence-electron chi connectivity index (χ4n) is 6.27. The molecule has 1 aliphatic rings. The summed E-state index contributed by atoms with van der Waals surface area (Å²) in [6.45, 7) is 7.68. The van der Waals surface area contributed by atoms with Crippen LogP contribution in [0.3, 0.4) is 0 Å². The average molecular weight is 710 g/mol. The van der Waals surface area contributed by atoms with E-state index in [1.807, 2.05) is 30.3 Å². The van der Waals surface area contributed by atoms with Crippen LogP contribution in [0.1, 0.15) is 136 Å². The number of amides is 4. The van der Waals surface area contributed by atoms with Crippen molar-refractivity contribution in [3.8, 4) is 5.75 Å². The standard InChI is InChI=1S/C41H60ClN3O5/c1-5-6-7-8-9-10-11-12-13-14-15-16-17-18-19-23-28-50-35-27-26-33(42)29-34(35)43-39(48)37(38(47)41(2,3)4)45-36(46)31-44(40(45)49)30-32-24-21-20-22-25-32/h20-22,24-27,29,37H,5-19,23,28,30-31H2,1-4H3,(H,43,48). The number of nitrogens with zero attached hydrogens (tertiary/aromatic N) is 2. The normalized spacial score (nSPS) is 13.9. The van der Waals surface area contributed by atoms with E-state index in [0.29, 0.717) is 17.4 Å². The van der Waals surface area contributed by atoms with E-state index in [0.717, 1.165) is 29.7 Å². The van der Waals surface area contributed by atoms with Gasteiger partial charge in [-0.2, -0.15) is 0 Å². The first kappa shape index (κ1) is 41.0. The molecule has 4 amide bonds. The lowest BCUT2D eigenvalue weighted by atomic mass is 9.85. The number of hydrogen-bond acceptors (Lipinski definition) is 5. The van der Waals surface area contributed by atoms with Crippen LogP contribution >= 0.6 is 11.6 Å². The van der Waals surface area contributed by atoms with Gasteiger partial charge in [-0.15, -0.1) is 0 Å². The van der Waals surface area contributed by atoms with E-state index in [1.165, 1.54) is 88.4 Å². The van der Waals surface area contributed by atoms with E-state index in [1.54, 1.807) is 39.0 Å². The van der Waals surface area contributed by atoms with Crippen LogP contribution in [0.5, 0.6) is 5.75 Å². The molecule has 1 saturated heterocycles. The predicted octanol–water partition coefficient (Wildman–Crippen LogP) is 10.4. The van der Waals surface area contributed by atoms with Gasteiger partial charge in [0.15, 0.2) is 11.8 Å². The van der Waals surface area contributed by atoms with Gasteiger partial charge in [-0.1, -0.05) is 166 Å². The average Bonchev–Trinajstić information content (AvgIpc) is 3.34. The van der Waals surface area contributed by atoms with Crippen LogP contribution in [0.25, 0.3) is 0 Å². The third-order valence-corrected chi connectivity index (χ3v) is 9.47. The molecule has 1 heterocycles. The summed E-state index contributed by atoms with van der Waals surface area (Å²) in [5.41, 5.74) is 0.116. The molecule has 0 bridgehead atoms. The van der Waals surface area contributed by atoms with E-state index >= 15 is 0 Å². The number of ether oxygens (including phenoxy) is 1. The molecule has 1 unspecified atom stereocenters. The number of urea groups is 1. The number of unbranched alkanes of at least 4 members (excludes halogenated alkanes) is 15. The summed E-state index contributed by atoms with van der Waals surface area (Å²) >= 11 is 6.29. The van der Waals surface area contributed by atoms with E-state index in [9.17, 15) is 19.2 Å². The molecule has 276 valence electrons. The van der Waals surface area contributed by atoms with Gasteiger partial charge in [-0.25, -0.2) is 9.69 Å². The fraction of sp³-hybridized carbons (Fsp3) is 0.610. The smallest absolute Gasteiger partial charge is 0.328 e. The minimum absolute atomic E-state index is 0.186. The summed E-state index contributed by atoms with van der Waals surface area (Å²) < 4.78 is 6.06. The van der Waals surface area contributed by atoms with Crippen molar-refractivity contribution in [2.75, 3.05) is 18.5 Å². The molecule has 50 heavy (non-hydrogen) atoms. The highest BCUT2D eigenvalue weighted by molar-refractivity contribution is 6.31. The van der Waals surface area contributed by atoms with Crippen molar-refractivity contribution in [2.24, 2.45) is 5.41 Å². The zero-order valence-corrected chi connectivity index (χ0v) is 31.7. The van der Waals surface area contributed by atoms with Crippen molar-refractivity contribution in [3.63, 3.8) is 0 Å². The zero-order valence-electron chi connectivity index (χ0n) is 30.9. The zero-order chi connectivity index (χ0) is 36.4. The Bertz CT molecular complexity index is 1360. The molecule has 1 N–H and O–H groups in total. The Kier molecular flexibility index (Phi) is 17.8.